The molecule has 0 radical (unpaired) electrons. The fourth-order valence-corrected chi connectivity index (χ4v) is 2.75. The van der Waals surface area contributed by atoms with Gasteiger partial charge in [0, 0.05) is 49.8 Å². The molecule has 0 bridgehead atoms. The van der Waals surface area contributed by atoms with Crippen LogP contribution in [-0.2, 0) is 9.47 Å². The molecule has 0 spiro atoms. The first-order valence-corrected chi connectivity index (χ1v) is 8.40. The number of carbonyl (C=O) groups is 1. The largest absolute Gasteiger partial charge is 0.497 e. The van der Waals surface area contributed by atoms with Crippen LogP contribution in [0, 0.1) is 0 Å². The third kappa shape index (κ3) is 4.74. The predicted molar refractivity (Wildman–Crippen MR) is 104 cm³/mol. The molecule has 0 aliphatic rings. The zero-order valence-corrected chi connectivity index (χ0v) is 15.5. The number of aldehydes is 1. The molecule has 6 heteroatoms. The van der Waals surface area contributed by atoms with E-state index >= 15 is 0 Å². The summed E-state index contributed by atoms with van der Waals surface area (Å²) in [6.45, 7) is 2.65. The number of rotatable bonds is 10. The van der Waals surface area contributed by atoms with Crippen LogP contribution in [-0.4, -0.2) is 53.9 Å². The Labute approximate surface area is 154 Å². The van der Waals surface area contributed by atoms with E-state index in [9.17, 15) is 4.79 Å². The minimum Gasteiger partial charge on any atom is -0.497 e. The maximum atomic E-state index is 11.5. The number of nitrogens with zero attached hydrogens (tertiary/aromatic N) is 1. The number of hydrogen-bond acceptors (Lipinski definition) is 6. The van der Waals surface area contributed by atoms with E-state index in [1.807, 2.05) is 24.3 Å². The van der Waals surface area contributed by atoms with Gasteiger partial charge in [0.1, 0.15) is 5.75 Å². The van der Waals surface area contributed by atoms with E-state index < -0.39 is 0 Å². The van der Waals surface area contributed by atoms with E-state index in [2.05, 4.69) is 4.90 Å². The Kier molecular flexibility index (Phi) is 7.44. The molecule has 0 amide bonds. The van der Waals surface area contributed by atoms with E-state index in [0.29, 0.717) is 30.2 Å². The second-order valence-electron chi connectivity index (χ2n) is 5.82. The van der Waals surface area contributed by atoms with Gasteiger partial charge in [-0.2, -0.15) is 0 Å². The summed E-state index contributed by atoms with van der Waals surface area (Å²) in [5, 5.41) is 0. The van der Waals surface area contributed by atoms with Crippen molar-refractivity contribution in [2.45, 2.75) is 0 Å². The third-order valence-corrected chi connectivity index (χ3v) is 4.21. The molecule has 2 N–H and O–H groups in total. The molecule has 26 heavy (non-hydrogen) atoms. The zero-order chi connectivity index (χ0) is 18.9. The summed E-state index contributed by atoms with van der Waals surface area (Å²) < 4.78 is 15.7. The maximum Gasteiger partial charge on any atom is 0.150 e. The van der Waals surface area contributed by atoms with E-state index in [0.717, 1.165) is 36.2 Å². The summed E-state index contributed by atoms with van der Waals surface area (Å²) in [6.07, 6.45) is 0.828. The minimum atomic E-state index is 0.565. The van der Waals surface area contributed by atoms with E-state index in [4.69, 9.17) is 19.9 Å². The Morgan fingerprint density at radius 1 is 0.962 bits per heavy atom. The molecule has 2 rings (SSSR count). The van der Waals surface area contributed by atoms with Crippen molar-refractivity contribution < 1.29 is 19.0 Å². The van der Waals surface area contributed by atoms with Crippen LogP contribution in [0.25, 0.3) is 11.1 Å². The average molecular weight is 358 g/mol. The van der Waals surface area contributed by atoms with Gasteiger partial charge < -0.3 is 24.8 Å². The first-order valence-electron chi connectivity index (χ1n) is 8.40. The minimum absolute atomic E-state index is 0.565. The highest BCUT2D eigenvalue weighted by Gasteiger charge is 2.13. The van der Waals surface area contributed by atoms with Gasteiger partial charge in [-0.25, -0.2) is 0 Å². The van der Waals surface area contributed by atoms with Gasteiger partial charge >= 0.3 is 0 Å². The number of benzene rings is 2. The Balaban J connectivity index is 2.47. The van der Waals surface area contributed by atoms with Crippen LogP contribution in [0.5, 0.6) is 5.75 Å². The number of methoxy groups -OCH3 is 3. The van der Waals surface area contributed by atoms with Crippen molar-refractivity contribution in [2.24, 2.45) is 0 Å². The highest BCUT2D eigenvalue weighted by atomic mass is 16.5. The number of nitrogens with two attached hydrogens (primary N) is 1. The molecule has 2 aromatic carbocycles. The first-order chi connectivity index (χ1) is 12.6. The lowest BCUT2D eigenvalue weighted by Gasteiger charge is -2.25. The molecule has 140 valence electrons. The summed E-state index contributed by atoms with van der Waals surface area (Å²) in [6, 6.07) is 11.1. The fourth-order valence-electron chi connectivity index (χ4n) is 2.75. The Bertz CT molecular complexity index is 726. The van der Waals surface area contributed by atoms with Crippen molar-refractivity contribution in [3.63, 3.8) is 0 Å². The van der Waals surface area contributed by atoms with Crippen LogP contribution in [0.1, 0.15) is 10.4 Å². The zero-order valence-electron chi connectivity index (χ0n) is 15.5. The van der Waals surface area contributed by atoms with E-state index in [1.54, 1.807) is 33.5 Å². The van der Waals surface area contributed by atoms with Crippen molar-refractivity contribution in [2.75, 3.05) is 58.3 Å². The van der Waals surface area contributed by atoms with Gasteiger partial charge in [-0.15, -0.1) is 0 Å². The van der Waals surface area contributed by atoms with Crippen LogP contribution in [0.2, 0.25) is 0 Å². The standard InChI is InChI=1S/C20H26N2O4/c1-24-10-8-22(9-11-25-2)16-5-7-20(21)19(12-16)18-13-17(26-3)6-4-15(18)14-23/h4-7,12-14H,8-11,21H2,1-3H3. The molecule has 0 fully saturated rings. The quantitative estimate of drug-likeness (QED) is 0.520. The van der Waals surface area contributed by atoms with Gasteiger partial charge in [0.15, 0.2) is 6.29 Å². The molecule has 2 aromatic rings. The van der Waals surface area contributed by atoms with Crippen molar-refractivity contribution in [3.05, 3.63) is 42.0 Å². The second-order valence-corrected chi connectivity index (χ2v) is 5.82. The number of ether oxygens (including phenoxy) is 3. The molecule has 0 saturated heterocycles. The lowest BCUT2D eigenvalue weighted by Crippen LogP contribution is -2.30. The van der Waals surface area contributed by atoms with Crippen molar-refractivity contribution >= 4 is 17.7 Å². The smallest absolute Gasteiger partial charge is 0.150 e. The Morgan fingerprint density at radius 3 is 2.23 bits per heavy atom. The number of nitrogen functional groups attached to an aromatic ring is 1. The van der Waals surface area contributed by atoms with Gasteiger partial charge in [0.05, 0.1) is 20.3 Å². The highest BCUT2D eigenvalue weighted by Crippen LogP contribution is 2.34. The summed E-state index contributed by atoms with van der Waals surface area (Å²) in [4.78, 5) is 13.7. The molecular weight excluding hydrogens is 332 g/mol. The van der Waals surface area contributed by atoms with Crippen molar-refractivity contribution in [3.8, 4) is 16.9 Å². The Hall–Kier alpha value is -2.57. The van der Waals surface area contributed by atoms with Crippen molar-refractivity contribution in [1.29, 1.82) is 0 Å². The average Bonchev–Trinajstić information content (AvgIpc) is 2.68. The first kappa shape index (κ1) is 19.8. The lowest BCUT2D eigenvalue weighted by atomic mass is 9.97. The molecule has 0 saturated carbocycles. The van der Waals surface area contributed by atoms with Crippen LogP contribution < -0.4 is 15.4 Å². The monoisotopic (exact) mass is 358 g/mol. The number of carbonyl (C=O) groups excluding carboxylic acids is 1. The van der Waals surface area contributed by atoms with Gasteiger partial charge in [0.2, 0.25) is 0 Å². The van der Waals surface area contributed by atoms with Crippen molar-refractivity contribution in [1.82, 2.24) is 0 Å². The second kappa shape index (κ2) is 9.79. The van der Waals surface area contributed by atoms with Gasteiger partial charge in [0.25, 0.3) is 0 Å². The van der Waals surface area contributed by atoms with Gasteiger partial charge in [-0.3, -0.25) is 4.79 Å². The summed E-state index contributed by atoms with van der Waals surface area (Å²) in [7, 11) is 4.95. The third-order valence-electron chi connectivity index (χ3n) is 4.21. The number of hydrogen-bond donors (Lipinski definition) is 1. The SMILES string of the molecule is COCCN(CCOC)c1ccc(N)c(-c2cc(OC)ccc2C=O)c1. The molecule has 0 heterocycles. The highest BCUT2D eigenvalue weighted by molar-refractivity contribution is 5.92. The maximum absolute atomic E-state index is 11.5. The topological polar surface area (TPSA) is 74.0 Å². The van der Waals surface area contributed by atoms with Crippen LogP contribution >= 0.6 is 0 Å². The summed E-state index contributed by atoms with van der Waals surface area (Å²) >= 11 is 0. The van der Waals surface area contributed by atoms with Gasteiger partial charge in [-0.05, 0) is 42.0 Å². The van der Waals surface area contributed by atoms with Crippen LogP contribution in [0.4, 0.5) is 11.4 Å². The molecular formula is C20H26N2O4. The molecule has 0 unspecified atom stereocenters. The number of anilines is 2. The normalized spacial score (nSPS) is 10.6. The Morgan fingerprint density at radius 2 is 1.65 bits per heavy atom. The van der Waals surface area contributed by atoms with Crippen LogP contribution in [0.15, 0.2) is 36.4 Å². The molecule has 6 nitrogen and oxygen atoms in total. The van der Waals surface area contributed by atoms with E-state index in [-0.39, 0.29) is 0 Å². The molecule has 0 atom stereocenters. The summed E-state index contributed by atoms with van der Waals surface area (Å²) in [5.41, 5.74) is 9.91. The van der Waals surface area contributed by atoms with Gasteiger partial charge in [-0.1, -0.05) is 0 Å². The molecule has 0 aromatic heterocycles. The molecule has 0 aliphatic heterocycles. The predicted octanol–water partition coefficient (Wildman–Crippen LogP) is 2.86. The fraction of sp³-hybridized carbons (Fsp3) is 0.350. The lowest BCUT2D eigenvalue weighted by molar-refractivity contribution is 0.112. The van der Waals surface area contributed by atoms with E-state index in [1.165, 1.54) is 0 Å². The molecule has 0 aliphatic carbocycles. The van der Waals surface area contributed by atoms with Crippen LogP contribution in [0.3, 0.4) is 0 Å². The summed E-state index contributed by atoms with van der Waals surface area (Å²) in [5.74, 6) is 0.672.